The van der Waals surface area contributed by atoms with Crippen LogP contribution in [0, 0.1) is 0 Å². The molecule has 0 saturated carbocycles. The van der Waals surface area contributed by atoms with Gasteiger partial charge in [-0.05, 0) is 24.3 Å². The first-order chi connectivity index (χ1) is 5.00. The molecule has 0 aliphatic heterocycles. The van der Waals surface area contributed by atoms with Crippen LogP contribution in [0.3, 0.4) is 0 Å². The fourth-order valence-electron chi connectivity index (χ4n) is 0.607. The molecule has 3 nitrogen and oxygen atoms in total. The van der Waals surface area contributed by atoms with E-state index in [0.717, 1.165) is 4.47 Å². The van der Waals surface area contributed by atoms with Crippen LogP contribution < -0.4 is 0 Å². The number of halogens is 1. The maximum Gasteiger partial charge on any atom is 0.294 e. The first-order valence-corrected chi connectivity index (χ1v) is 4.96. The van der Waals surface area contributed by atoms with Gasteiger partial charge in [0.05, 0.1) is 4.90 Å². The number of hydrogen-bond donors (Lipinski definition) is 1. The third kappa shape index (κ3) is 3.31. The summed E-state index contributed by atoms with van der Waals surface area (Å²) in [6.07, 6.45) is 0. The van der Waals surface area contributed by atoms with E-state index in [0.29, 0.717) is 0 Å². The van der Waals surface area contributed by atoms with Gasteiger partial charge in [-0.15, -0.1) is 0 Å². The van der Waals surface area contributed by atoms with Crippen LogP contribution >= 0.6 is 15.9 Å². The predicted molar refractivity (Wildman–Crippen MR) is 44.0 cm³/mol. The fraction of sp³-hybridized carbons (Fsp3) is 0. The molecule has 0 aromatic heterocycles. The van der Waals surface area contributed by atoms with Gasteiger partial charge in [0.2, 0.25) is 0 Å². The molecule has 6 heteroatoms. The summed E-state index contributed by atoms with van der Waals surface area (Å²) in [5.74, 6) is 0. The van der Waals surface area contributed by atoms with Gasteiger partial charge in [-0.3, -0.25) is 4.55 Å². The number of rotatable bonds is 1. The summed E-state index contributed by atoms with van der Waals surface area (Å²) in [7, 11) is -4.04. The summed E-state index contributed by atoms with van der Waals surface area (Å²) in [4.78, 5) is -0.0966. The molecule has 1 aromatic rings. The van der Waals surface area contributed by atoms with Crippen molar-refractivity contribution in [3.8, 4) is 0 Å². The molecule has 0 spiro atoms. The minimum Gasteiger partial charge on any atom is -0.282 e. The van der Waals surface area contributed by atoms with E-state index >= 15 is 0 Å². The van der Waals surface area contributed by atoms with Crippen molar-refractivity contribution in [3.63, 3.8) is 0 Å². The average molecular weight is 302 g/mol. The van der Waals surface area contributed by atoms with E-state index in [4.69, 9.17) is 4.55 Å². The Morgan fingerprint density at radius 1 is 1.17 bits per heavy atom. The van der Waals surface area contributed by atoms with Crippen molar-refractivity contribution in [1.82, 2.24) is 0 Å². The Morgan fingerprint density at radius 3 is 1.92 bits per heavy atom. The van der Waals surface area contributed by atoms with Gasteiger partial charge in [-0.1, -0.05) is 15.9 Å². The maximum absolute atomic E-state index is 10.5. The van der Waals surface area contributed by atoms with Gasteiger partial charge in [-0.25, -0.2) is 0 Å². The molecule has 0 fully saturated rings. The first kappa shape index (κ1) is 12.2. The Bertz CT molecular complexity index is 346. The molecule has 0 radical (unpaired) electrons. The molecule has 0 amide bonds. The third-order valence-corrected chi connectivity index (χ3v) is 2.51. The second-order valence-electron chi connectivity index (χ2n) is 1.93. The maximum atomic E-state index is 10.5. The molecule has 12 heavy (non-hydrogen) atoms. The molecule has 1 rings (SSSR count). The standard InChI is InChI=1S/C6H5BrO3S.Zn/c7-5-1-3-6(4-2-5)11(8,9)10;/h1-4H,(H,8,9,10);. The van der Waals surface area contributed by atoms with Crippen LogP contribution in [0.1, 0.15) is 0 Å². The topological polar surface area (TPSA) is 54.4 Å². The summed E-state index contributed by atoms with van der Waals surface area (Å²) in [6.45, 7) is 0. The van der Waals surface area contributed by atoms with Crippen molar-refractivity contribution < 1.29 is 32.4 Å². The molecular weight excluding hydrogens is 297 g/mol. The monoisotopic (exact) mass is 300 g/mol. The van der Waals surface area contributed by atoms with Crippen molar-refractivity contribution in [2.24, 2.45) is 0 Å². The molecule has 62 valence electrons. The van der Waals surface area contributed by atoms with E-state index in [2.05, 4.69) is 15.9 Å². The molecule has 0 atom stereocenters. The molecule has 1 aromatic carbocycles. The molecule has 0 saturated heterocycles. The van der Waals surface area contributed by atoms with Crippen molar-refractivity contribution >= 4 is 26.0 Å². The Labute approximate surface area is 91.8 Å². The largest absolute Gasteiger partial charge is 0.294 e. The Balaban J connectivity index is 0.00000121. The minimum atomic E-state index is -4.04. The van der Waals surface area contributed by atoms with Gasteiger partial charge < -0.3 is 0 Å². The summed E-state index contributed by atoms with van der Waals surface area (Å²) in [5, 5.41) is 0. The molecule has 1 N–H and O–H groups in total. The Morgan fingerprint density at radius 2 is 1.58 bits per heavy atom. The van der Waals surface area contributed by atoms with Gasteiger partial charge in [-0.2, -0.15) is 8.42 Å². The molecular formula is C6H5BrO3SZn. The van der Waals surface area contributed by atoms with E-state index in [1.807, 2.05) is 0 Å². The quantitative estimate of drug-likeness (QED) is 0.634. The average Bonchev–Trinajstić information content (AvgIpc) is 1.86. The molecule has 0 bridgehead atoms. The van der Waals surface area contributed by atoms with Crippen LogP contribution in [0.4, 0.5) is 0 Å². The second kappa shape index (κ2) is 4.46. The van der Waals surface area contributed by atoms with Gasteiger partial charge >= 0.3 is 0 Å². The van der Waals surface area contributed by atoms with E-state index in [1.54, 1.807) is 12.1 Å². The van der Waals surface area contributed by atoms with Crippen LogP contribution in [0.25, 0.3) is 0 Å². The van der Waals surface area contributed by atoms with Crippen molar-refractivity contribution in [2.45, 2.75) is 4.90 Å². The molecule has 0 unspecified atom stereocenters. The zero-order chi connectivity index (χ0) is 8.48. The summed E-state index contributed by atoms with van der Waals surface area (Å²) >= 11 is 3.14. The summed E-state index contributed by atoms with van der Waals surface area (Å²) < 4.78 is 30.3. The van der Waals surface area contributed by atoms with Gasteiger partial charge in [0.25, 0.3) is 10.1 Å². The predicted octanol–water partition coefficient (Wildman–Crippen LogP) is 1.69. The fourth-order valence-corrected chi connectivity index (χ4v) is 1.35. The van der Waals surface area contributed by atoms with Crippen LogP contribution in [-0.4, -0.2) is 13.0 Å². The minimum absolute atomic E-state index is 0. The van der Waals surface area contributed by atoms with Gasteiger partial charge in [0.15, 0.2) is 0 Å². The molecule has 0 heterocycles. The number of benzene rings is 1. The van der Waals surface area contributed by atoms with Crippen LogP contribution in [0.5, 0.6) is 0 Å². The van der Waals surface area contributed by atoms with E-state index < -0.39 is 10.1 Å². The first-order valence-electron chi connectivity index (χ1n) is 2.73. The Kier molecular flexibility index (Phi) is 4.55. The second-order valence-corrected chi connectivity index (χ2v) is 4.27. The number of hydrogen-bond acceptors (Lipinski definition) is 2. The molecule has 0 aliphatic rings. The van der Waals surface area contributed by atoms with E-state index in [1.165, 1.54) is 12.1 Å². The van der Waals surface area contributed by atoms with E-state index in [-0.39, 0.29) is 24.4 Å². The van der Waals surface area contributed by atoms with Crippen molar-refractivity contribution in [3.05, 3.63) is 28.7 Å². The van der Waals surface area contributed by atoms with Crippen LogP contribution in [-0.2, 0) is 29.6 Å². The van der Waals surface area contributed by atoms with Gasteiger partial charge in [0.1, 0.15) is 0 Å². The third-order valence-electron chi connectivity index (χ3n) is 1.11. The molecule has 0 aliphatic carbocycles. The Hall–Kier alpha value is 0.233. The SMILES string of the molecule is O=S(=O)(O)c1ccc(Br)cc1.[Zn]. The van der Waals surface area contributed by atoms with Crippen molar-refractivity contribution in [2.75, 3.05) is 0 Å². The summed E-state index contributed by atoms with van der Waals surface area (Å²) in [5.41, 5.74) is 0. The van der Waals surface area contributed by atoms with E-state index in [9.17, 15) is 8.42 Å². The van der Waals surface area contributed by atoms with Gasteiger partial charge in [0, 0.05) is 24.0 Å². The smallest absolute Gasteiger partial charge is 0.282 e. The zero-order valence-electron chi connectivity index (χ0n) is 6.07. The normalized spacial score (nSPS) is 10.5. The van der Waals surface area contributed by atoms with Crippen molar-refractivity contribution in [1.29, 1.82) is 0 Å². The summed E-state index contributed by atoms with van der Waals surface area (Å²) in [6, 6.07) is 5.73. The zero-order valence-corrected chi connectivity index (χ0v) is 11.4. The van der Waals surface area contributed by atoms with Crippen LogP contribution in [0.2, 0.25) is 0 Å². The van der Waals surface area contributed by atoms with Crippen LogP contribution in [0.15, 0.2) is 33.6 Å².